The van der Waals surface area contributed by atoms with E-state index in [1.165, 1.54) is 65.7 Å². The number of hydrogen-bond donors (Lipinski definition) is 0. The van der Waals surface area contributed by atoms with Crippen molar-refractivity contribution in [2.75, 3.05) is 0 Å². The minimum absolute atomic E-state index is 1.24. The van der Waals surface area contributed by atoms with E-state index in [1.807, 2.05) is 0 Å². The van der Waals surface area contributed by atoms with Gasteiger partial charge in [-0.3, -0.25) is 0 Å². The summed E-state index contributed by atoms with van der Waals surface area (Å²) >= 11 is 0. The first-order valence-electron chi connectivity index (χ1n) is 12.4. The van der Waals surface area contributed by atoms with Crippen LogP contribution in [-0.4, -0.2) is 0 Å². The van der Waals surface area contributed by atoms with Gasteiger partial charge in [-0.1, -0.05) is 127 Å². The van der Waals surface area contributed by atoms with E-state index >= 15 is 0 Å². The fourth-order valence-corrected chi connectivity index (χ4v) is 5.53. The summed E-state index contributed by atoms with van der Waals surface area (Å²) in [4.78, 5) is 0. The quantitative estimate of drug-likeness (QED) is 0.248. The zero-order valence-corrected chi connectivity index (χ0v) is 19.9. The molecule has 0 heteroatoms. The predicted molar refractivity (Wildman–Crippen MR) is 155 cm³/mol. The van der Waals surface area contributed by atoms with Crippen LogP contribution < -0.4 is 0 Å². The fourth-order valence-electron chi connectivity index (χ4n) is 5.53. The van der Waals surface area contributed by atoms with Gasteiger partial charge in [0.05, 0.1) is 0 Å². The molecule has 36 heavy (non-hydrogen) atoms. The second kappa shape index (κ2) is 8.52. The van der Waals surface area contributed by atoms with E-state index in [1.54, 1.807) is 0 Å². The van der Waals surface area contributed by atoms with E-state index in [9.17, 15) is 0 Å². The molecule has 0 unspecified atom stereocenters. The smallest absolute Gasteiger partial charge is 0.0105 e. The molecule has 0 heterocycles. The fraction of sp³-hybridized carbons (Fsp3) is 0. The minimum Gasteiger partial charge on any atom is -0.0616 e. The summed E-state index contributed by atoms with van der Waals surface area (Å²) in [5.74, 6) is 0. The van der Waals surface area contributed by atoms with Crippen LogP contribution in [0.15, 0.2) is 146 Å². The number of rotatable bonds is 3. The molecule has 0 nitrogen and oxygen atoms in total. The lowest BCUT2D eigenvalue weighted by atomic mass is 9.89. The van der Waals surface area contributed by atoms with Crippen molar-refractivity contribution < 1.29 is 0 Å². The van der Waals surface area contributed by atoms with Gasteiger partial charge >= 0.3 is 0 Å². The Hall–Kier alpha value is -4.68. The van der Waals surface area contributed by atoms with E-state index in [2.05, 4.69) is 146 Å². The van der Waals surface area contributed by atoms with E-state index in [0.717, 1.165) is 0 Å². The molecule has 7 aromatic carbocycles. The maximum absolute atomic E-state index is 2.36. The van der Waals surface area contributed by atoms with Gasteiger partial charge in [-0.15, -0.1) is 0 Å². The largest absolute Gasteiger partial charge is 0.0616 e. The zero-order valence-electron chi connectivity index (χ0n) is 19.9. The van der Waals surface area contributed by atoms with Crippen LogP contribution in [0, 0.1) is 0 Å². The molecule has 0 aliphatic heterocycles. The molecule has 0 aliphatic rings. The SMILES string of the molecule is c1ccc2c(-c3cc(-c4cccc5ccccc45)cc(-c4cccc5ccccc45)c3)cccc2c1. The topological polar surface area (TPSA) is 0 Å². The van der Waals surface area contributed by atoms with Crippen LogP contribution in [0.25, 0.3) is 65.7 Å². The van der Waals surface area contributed by atoms with Crippen molar-refractivity contribution >= 4 is 32.3 Å². The summed E-state index contributed by atoms with van der Waals surface area (Å²) in [6.07, 6.45) is 0. The van der Waals surface area contributed by atoms with Crippen molar-refractivity contribution in [3.8, 4) is 33.4 Å². The Morgan fingerprint density at radius 2 is 0.528 bits per heavy atom. The lowest BCUT2D eigenvalue weighted by molar-refractivity contribution is 1.60. The summed E-state index contributed by atoms with van der Waals surface area (Å²) in [6.45, 7) is 0. The van der Waals surface area contributed by atoms with Crippen molar-refractivity contribution in [2.24, 2.45) is 0 Å². The van der Waals surface area contributed by atoms with Gasteiger partial charge in [-0.2, -0.15) is 0 Å². The van der Waals surface area contributed by atoms with Gasteiger partial charge in [0.1, 0.15) is 0 Å². The van der Waals surface area contributed by atoms with Gasteiger partial charge in [0.15, 0.2) is 0 Å². The van der Waals surface area contributed by atoms with Gasteiger partial charge in [0, 0.05) is 0 Å². The predicted octanol–water partition coefficient (Wildman–Crippen LogP) is 10.1. The highest BCUT2D eigenvalue weighted by molar-refractivity contribution is 6.03. The molecular formula is C36H24. The highest BCUT2D eigenvalue weighted by Crippen LogP contribution is 2.39. The van der Waals surface area contributed by atoms with Crippen molar-refractivity contribution in [1.82, 2.24) is 0 Å². The Kier molecular flexibility index (Phi) is 4.89. The molecule has 7 rings (SSSR count). The summed E-state index contributed by atoms with van der Waals surface area (Å²) in [6, 6.07) is 52.9. The normalized spacial score (nSPS) is 11.3. The van der Waals surface area contributed by atoms with Crippen LogP contribution in [-0.2, 0) is 0 Å². The molecule has 168 valence electrons. The Balaban J connectivity index is 1.56. The lowest BCUT2D eigenvalue weighted by Gasteiger charge is -2.15. The first kappa shape index (κ1) is 20.7. The first-order chi connectivity index (χ1) is 17.8. The molecule has 0 fully saturated rings. The third-order valence-corrected chi connectivity index (χ3v) is 7.23. The van der Waals surface area contributed by atoms with E-state index in [0.29, 0.717) is 0 Å². The lowest BCUT2D eigenvalue weighted by Crippen LogP contribution is -1.89. The molecule has 7 aromatic rings. The Labute approximate surface area is 211 Å². The highest BCUT2D eigenvalue weighted by atomic mass is 14.2. The van der Waals surface area contributed by atoms with Crippen LogP contribution in [0.2, 0.25) is 0 Å². The van der Waals surface area contributed by atoms with E-state index in [4.69, 9.17) is 0 Å². The first-order valence-corrected chi connectivity index (χ1v) is 12.4. The average molecular weight is 457 g/mol. The zero-order chi connectivity index (χ0) is 23.9. The Bertz CT molecular complexity index is 1640. The Morgan fingerprint density at radius 3 is 0.861 bits per heavy atom. The molecule has 0 saturated carbocycles. The van der Waals surface area contributed by atoms with E-state index < -0.39 is 0 Å². The standard InChI is InChI=1S/C36H24/c1-4-16-31-25(10-1)13-7-19-34(31)28-22-29(35-20-8-14-26-11-2-5-17-32(26)35)24-30(23-28)36-21-9-15-27-12-3-6-18-33(27)36/h1-24H. The van der Waals surface area contributed by atoms with Crippen molar-refractivity contribution in [1.29, 1.82) is 0 Å². The van der Waals surface area contributed by atoms with Gasteiger partial charge in [-0.05, 0) is 83.9 Å². The van der Waals surface area contributed by atoms with Crippen LogP contribution in [0.4, 0.5) is 0 Å². The second-order valence-electron chi connectivity index (χ2n) is 9.38. The molecule has 0 aliphatic carbocycles. The second-order valence-corrected chi connectivity index (χ2v) is 9.38. The maximum Gasteiger partial charge on any atom is -0.0105 e. The monoisotopic (exact) mass is 456 g/mol. The molecule has 0 saturated heterocycles. The summed E-state index contributed by atoms with van der Waals surface area (Å²) in [5, 5.41) is 7.61. The summed E-state index contributed by atoms with van der Waals surface area (Å²) in [5.41, 5.74) is 7.49. The summed E-state index contributed by atoms with van der Waals surface area (Å²) in [7, 11) is 0. The minimum atomic E-state index is 1.24. The van der Waals surface area contributed by atoms with E-state index in [-0.39, 0.29) is 0 Å². The molecule has 0 bridgehead atoms. The molecule has 0 amide bonds. The summed E-state index contributed by atoms with van der Waals surface area (Å²) < 4.78 is 0. The van der Waals surface area contributed by atoms with Crippen molar-refractivity contribution in [3.05, 3.63) is 146 Å². The molecule has 0 radical (unpaired) electrons. The van der Waals surface area contributed by atoms with Crippen molar-refractivity contribution in [3.63, 3.8) is 0 Å². The molecular weight excluding hydrogens is 432 g/mol. The Morgan fingerprint density at radius 1 is 0.250 bits per heavy atom. The van der Waals surface area contributed by atoms with Crippen LogP contribution in [0.5, 0.6) is 0 Å². The van der Waals surface area contributed by atoms with Gasteiger partial charge in [0.25, 0.3) is 0 Å². The molecule has 0 atom stereocenters. The van der Waals surface area contributed by atoms with Gasteiger partial charge in [-0.25, -0.2) is 0 Å². The maximum atomic E-state index is 2.36. The van der Waals surface area contributed by atoms with Gasteiger partial charge in [0.2, 0.25) is 0 Å². The van der Waals surface area contributed by atoms with Crippen LogP contribution >= 0.6 is 0 Å². The third kappa shape index (κ3) is 3.47. The molecule has 0 N–H and O–H groups in total. The van der Waals surface area contributed by atoms with Gasteiger partial charge < -0.3 is 0 Å². The van der Waals surface area contributed by atoms with Crippen LogP contribution in [0.1, 0.15) is 0 Å². The number of hydrogen-bond acceptors (Lipinski definition) is 0. The molecule has 0 aromatic heterocycles. The third-order valence-electron chi connectivity index (χ3n) is 7.23. The highest BCUT2D eigenvalue weighted by Gasteiger charge is 2.12. The number of fused-ring (bicyclic) bond motifs is 3. The number of benzene rings is 7. The average Bonchev–Trinajstić information content (AvgIpc) is 2.96. The van der Waals surface area contributed by atoms with Crippen molar-refractivity contribution in [2.45, 2.75) is 0 Å². The van der Waals surface area contributed by atoms with Crippen LogP contribution in [0.3, 0.4) is 0 Å². The molecule has 0 spiro atoms.